The Labute approximate surface area is 143 Å². The van der Waals surface area contributed by atoms with Gasteiger partial charge in [0.15, 0.2) is 0 Å². The van der Waals surface area contributed by atoms with Gasteiger partial charge < -0.3 is 15.7 Å². The van der Waals surface area contributed by atoms with E-state index in [1.54, 1.807) is 27.0 Å². The van der Waals surface area contributed by atoms with Crippen LogP contribution in [0.15, 0.2) is 52.5 Å². The van der Waals surface area contributed by atoms with E-state index in [9.17, 15) is 9.90 Å². The molecule has 0 unspecified atom stereocenters. The van der Waals surface area contributed by atoms with Crippen LogP contribution in [0.25, 0.3) is 0 Å². The highest BCUT2D eigenvalue weighted by Crippen LogP contribution is 2.27. The number of hydrogen-bond acceptors (Lipinski definition) is 4. The van der Waals surface area contributed by atoms with Crippen molar-refractivity contribution in [3.8, 4) is 0 Å². The monoisotopic (exact) mass is 329 g/mol. The van der Waals surface area contributed by atoms with Gasteiger partial charge in [-0.15, -0.1) is 0 Å². The molecule has 0 saturated carbocycles. The zero-order chi connectivity index (χ0) is 17.9. The highest BCUT2D eigenvalue weighted by atomic mass is 16.3. The normalized spacial score (nSPS) is 21.5. The van der Waals surface area contributed by atoms with Gasteiger partial charge in [0.2, 0.25) is 0 Å². The van der Waals surface area contributed by atoms with Crippen LogP contribution in [0.1, 0.15) is 47.0 Å². The van der Waals surface area contributed by atoms with Crippen molar-refractivity contribution in [3.05, 3.63) is 47.5 Å². The molecule has 0 aromatic rings. The summed E-state index contributed by atoms with van der Waals surface area (Å²) in [7, 11) is 0. The molecule has 3 N–H and O–H groups in total. The number of aliphatic hydroxyl groups is 1. The van der Waals surface area contributed by atoms with Crippen LogP contribution in [0.5, 0.6) is 0 Å². The van der Waals surface area contributed by atoms with Gasteiger partial charge >= 0.3 is 0 Å². The van der Waals surface area contributed by atoms with Gasteiger partial charge in [0, 0.05) is 6.20 Å². The largest absolute Gasteiger partial charge is 0.388 e. The molecule has 1 atom stereocenters. The van der Waals surface area contributed by atoms with Gasteiger partial charge in [-0.2, -0.15) is 0 Å². The molecule has 0 radical (unpaired) electrons. The molecule has 1 heterocycles. The summed E-state index contributed by atoms with van der Waals surface area (Å²) in [5, 5.41) is 15.8. The minimum atomic E-state index is -1.00. The lowest BCUT2D eigenvalue weighted by molar-refractivity contribution is -0.119. The van der Waals surface area contributed by atoms with Gasteiger partial charge in [0.1, 0.15) is 5.71 Å². The fourth-order valence-corrected chi connectivity index (χ4v) is 2.56. The van der Waals surface area contributed by atoms with Crippen LogP contribution in [0.4, 0.5) is 0 Å². The maximum absolute atomic E-state index is 12.6. The van der Waals surface area contributed by atoms with E-state index >= 15 is 0 Å². The van der Waals surface area contributed by atoms with Crippen molar-refractivity contribution < 1.29 is 9.90 Å². The molecular formula is C19H27N3O2. The summed E-state index contributed by atoms with van der Waals surface area (Å²) in [5.41, 5.74) is 2.70. The van der Waals surface area contributed by atoms with E-state index in [1.165, 1.54) is 5.57 Å². The number of carbonyl (C=O) groups is 1. The van der Waals surface area contributed by atoms with Crippen LogP contribution in [0, 0.1) is 0 Å². The van der Waals surface area contributed by atoms with E-state index < -0.39 is 5.60 Å². The van der Waals surface area contributed by atoms with Gasteiger partial charge in [-0.3, -0.25) is 4.79 Å². The zero-order valence-electron chi connectivity index (χ0n) is 14.9. The predicted molar refractivity (Wildman–Crippen MR) is 97.4 cm³/mol. The summed E-state index contributed by atoms with van der Waals surface area (Å²) in [5.74, 6) is -0.273. The fourth-order valence-electron chi connectivity index (χ4n) is 2.56. The molecule has 130 valence electrons. The first-order valence-electron chi connectivity index (χ1n) is 8.38. The van der Waals surface area contributed by atoms with Crippen molar-refractivity contribution in [2.24, 2.45) is 4.99 Å². The van der Waals surface area contributed by atoms with E-state index in [0.29, 0.717) is 17.0 Å². The summed E-state index contributed by atoms with van der Waals surface area (Å²) in [6.45, 7) is 11.0. The van der Waals surface area contributed by atoms with Crippen LogP contribution in [0.3, 0.4) is 0 Å². The minimum Gasteiger partial charge on any atom is -0.388 e. The number of aliphatic imine (C=N–C) groups is 1. The third kappa shape index (κ3) is 4.03. The van der Waals surface area contributed by atoms with E-state index in [-0.39, 0.29) is 11.9 Å². The summed E-state index contributed by atoms with van der Waals surface area (Å²) in [4.78, 5) is 17.2. The Morgan fingerprint density at radius 1 is 1.54 bits per heavy atom. The molecule has 1 aliphatic carbocycles. The quantitative estimate of drug-likeness (QED) is 0.726. The molecule has 0 aromatic carbocycles. The zero-order valence-corrected chi connectivity index (χ0v) is 14.9. The van der Waals surface area contributed by atoms with E-state index in [1.807, 2.05) is 13.0 Å². The molecule has 0 aromatic heterocycles. The standard InChI is InChI=1S/C19H27N3O2/c1-6-16(14-9-7-8-10-14)22-17-12(2)20-11-15(17)18(23)21-13(3)19(4,5)24/h6,9,11,13,20,24H,2,7-8,10H2,1,3-5H3,(H,21,23)/b16-6-,22-17?/t13-/m0/s1. The fraction of sp³-hybridized carbons (Fsp3) is 0.474. The summed E-state index contributed by atoms with van der Waals surface area (Å²) in [6, 6.07) is -0.389. The summed E-state index contributed by atoms with van der Waals surface area (Å²) in [6.07, 6.45) is 9.00. The number of nitrogens with one attached hydrogen (secondary N) is 2. The van der Waals surface area contributed by atoms with Crippen LogP contribution in [-0.4, -0.2) is 28.4 Å². The second-order valence-electron chi connectivity index (χ2n) is 6.79. The lowest BCUT2D eigenvalue weighted by atomic mass is 10.00. The number of amides is 1. The average Bonchev–Trinajstić information content (AvgIpc) is 3.14. The van der Waals surface area contributed by atoms with E-state index in [4.69, 9.17) is 0 Å². The second-order valence-corrected chi connectivity index (χ2v) is 6.79. The molecule has 0 bridgehead atoms. The van der Waals surface area contributed by atoms with Crippen LogP contribution in [0.2, 0.25) is 0 Å². The molecule has 2 rings (SSSR count). The number of allylic oxidation sites excluding steroid dienone is 4. The molecule has 1 aliphatic heterocycles. The lowest BCUT2D eigenvalue weighted by Gasteiger charge is -2.26. The van der Waals surface area contributed by atoms with Crippen molar-refractivity contribution in [2.75, 3.05) is 0 Å². The van der Waals surface area contributed by atoms with E-state index in [0.717, 1.165) is 25.0 Å². The number of rotatable bonds is 5. The molecule has 1 amide bonds. The minimum absolute atomic E-state index is 0.273. The molecule has 5 nitrogen and oxygen atoms in total. The van der Waals surface area contributed by atoms with Crippen LogP contribution in [-0.2, 0) is 4.79 Å². The molecule has 0 fully saturated rings. The maximum atomic E-state index is 12.6. The number of carbonyl (C=O) groups excluding carboxylic acids is 1. The third-order valence-corrected chi connectivity index (χ3v) is 4.46. The molecular weight excluding hydrogens is 302 g/mol. The van der Waals surface area contributed by atoms with Crippen molar-refractivity contribution in [2.45, 2.75) is 58.6 Å². The summed E-state index contributed by atoms with van der Waals surface area (Å²) >= 11 is 0. The average molecular weight is 329 g/mol. The Morgan fingerprint density at radius 3 is 2.79 bits per heavy atom. The van der Waals surface area contributed by atoms with Crippen molar-refractivity contribution >= 4 is 11.6 Å². The third-order valence-electron chi connectivity index (χ3n) is 4.46. The van der Waals surface area contributed by atoms with Crippen LogP contribution >= 0.6 is 0 Å². The topological polar surface area (TPSA) is 73.7 Å². The summed E-state index contributed by atoms with van der Waals surface area (Å²) < 4.78 is 0. The molecule has 0 spiro atoms. The number of nitrogens with zero attached hydrogens (tertiary/aromatic N) is 1. The molecule has 2 aliphatic rings. The Hall–Kier alpha value is -2.14. The Morgan fingerprint density at radius 2 is 2.25 bits per heavy atom. The lowest BCUT2D eigenvalue weighted by Crippen LogP contribution is -2.48. The number of hydrogen-bond donors (Lipinski definition) is 3. The highest BCUT2D eigenvalue weighted by Gasteiger charge is 2.29. The van der Waals surface area contributed by atoms with E-state index in [2.05, 4.69) is 28.3 Å². The van der Waals surface area contributed by atoms with Crippen molar-refractivity contribution in [3.63, 3.8) is 0 Å². The SMILES string of the molecule is C=C1NC=C(C(=O)N[C@@H](C)C(C)(C)O)C1=N/C(=C\C)C1=CCCC1. The molecule has 24 heavy (non-hydrogen) atoms. The first kappa shape index (κ1) is 18.2. The van der Waals surface area contributed by atoms with Crippen molar-refractivity contribution in [1.29, 1.82) is 0 Å². The predicted octanol–water partition coefficient (Wildman–Crippen LogP) is 2.72. The Bertz CT molecular complexity index is 661. The van der Waals surface area contributed by atoms with Gasteiger partial charge in [0.05, 0.1) is 28.6 Å². The van der Waals surface area contributed by atoms with Crippen molar-refractivity contribution in [1.82, 2.24) is 10.6 Å². The first-order chi connectivity index (χ1) is 11.2. The second kappa shape index (κ2) is 7.18. The molecule has 5 heteroatoms. The Kier molecular flexibility index (Phi) is 5.44. The highest BCUT2D eigenvalue weighted by molar-refractivity contribution is 6.29. The van der Waals surface area contributed by atoms with Gasteiger partial charge in [-0.05, 0) is 52.5 Å². The molecule has 0 saturated heterocycles. The van der Waals surface area contributed by atoms with Gasteiger partial charge in [-0.25, -0.2) is 4.99 Å². The first-order valence-corrected chi connectivity index (χ1v) is 8.38. The maximum Gasteiger partial charge on any atom is 0.255 e. The van der Waals surface area contributed by atoms with Gasteiger partial charge in [0.25, 0.3) is 5.91 Å². The van der Waals surface area contributed by atoms with Gasteiger partial charge in [-0.1, -0.05) is 18.7 Å². The smallest absolute Gasteiger partial charge is 0.255 e. The Balaban J connectivity index is 2.22. The van der Waals surface area contributed by atoms with Crippen LogP contribution < -0.4 is 10.6 Å².